The molecule has 1 saturated heterocycles. The van der Waals surface area contributed by atoms with Crippen LogP contribution in [0.25, 0.3) is 11.1 Å². The van der Waals surface area contributed by atoms with Gasteiger partial charge < -0.3 is 10.1 Å². The summed E-state index contributed by atoms with van der Waals surface area (Å²) in [4.78, 5) is 13.1. The van der Waals surface area contributed by atoms with Crippen LogP contribution in [0.1, 0.15) is 17.0 Å². The van der Waals surface area contributed by atoms with Gasteiger partial charge >= 0.3 is 0 Å². The molecule has 0 spiro atoms. The summed E-state index contributed by atoms with van der Waals surface area (Å²) in [6.45, 7) is 1.57. The summed E-state index contributed by atoms with van der Waals surface area (Å²) in [5.74, 6) is 1.22. The average molecular weight is 361 g/mol. The minimum Gasteiger partial charge on any atom is -0.496 e. The third kappa shape index (κ3) is 3.64. The number of nitrogens with zero attached hydrogens (tertiary/aromatic N) is 1. The smallest absolute Gasteiger partial charge is 0.142 e. The number of Topliss-reactive ketones (excluding diaryl/α,β-unsaturated/α-hetero) is 1. The van der Waals surface area contributed by atoms with Crippen LogP contribution in [0.2, 0.25) is 0 Å². The second-order valence-corrected chi connectivity index (χ2v) is 6.94. The fourth-order valence-corrected chi connectivity index (χ4v) is 3.87. The fraction of sp³-hybridized carbons (Fsp3) is 0.273. The fourth-order valence-electron chi connectivity index (χ4n) is 3.87. The highest BCUT2D eigenvalue weighted by atomic mass is 16.5. The van der Waals surface area contributed by atoms with Gasteiger partial charge in [0.05, 0.1) is 13.3 Å². The average Bonchev–Trinajstić information content (AvgIpc) is 3.41. The van der Waals surface area contributed by atoms with Gasteiger partial charge in [-0.05, 0) is 17.2 Å². The number of aromatic amines is 1. The highest BCUT2D eigenvalue weighted by Gasteiger charge is 2.33. The van der Waals surface area contributed by atoms with Crippen LogP contribution >= 0.6 is 0 Å². The molecular weight excluding hydrogens is 338 g/mol. The zero-order chi connectivity index (χ0) is 18.6. The Morgan fingerprint density at radius 2 is 2.00 bits per heavy atom. The standard InChI is InChI=1S/C22H23N3O2/c1-27-22-10-16(18-11-24-25-12-18)7-8-17(22)9-21(26)20-14-23-13-19(20)15-5-3-2-4-6-15/h2-8,10-12,19-20,23H,9,13-14H2,1H3,(H,24,25). The van der Waals surface area contributed by atoms with Crippen LogP contribution in [-0.4, -0.2) is 36.2 Å². The normalized spacial score (nSPS) is 19.1. The molecular formula is C22H23N3O2. The number of methoxy groups -OCH3 is 1. The molecule has 2 atom stereocenters. The lowest BCUT2D eigenvalue weighted by Crippen LogP contribution is -2.23. The maximum Gasteiger partial charge on any atom is 0.142 e. The molecule has 0 saturated carbocycles. The van der Waals surface area contributed by atoms with E-state index in [0.717, 1.165) is 35.5 Å². The number of ketones is 1. The summed E-state index contributed by atoms with van der Waals surface area (Å²) in [6, 6.07) is 16.3. The van der Waals surface area contributed by atoms with Gasteiger partial charge in [-0.2, -0.15) is 5.10 Å². The monoisotopic (exact) mass is 361 g/mol. The Labute approximate surface area is 158 Å². The molecule has 2 unspecified atom stereocenters. The van der Waals surface area contributed by atoms with Gasteiger partial charge in [0.1, 0.15) is 11.5 Å². The van der Waals surface area contributed by atoms with E-state index in [-0.39, 0.29) is 17.6 Å². The summed E-state index contributed by atoms with van der Waals surface area (Å²) in [6.07, 6.45) is 3.99. The van der Waals surface area contributed by atoms with Gasteiger partial charge in [-0.3, -0.25) is 9.89 Å². The predicted molar refractivity (Wildman–Crippen MR) is 105 cm³/mol. The largest absolute Gasteiger partial charge is 0.496 e. The molecule has 5 nitrogen and oxygen atoms in total. The summed E-state index contributed by atoms with van der Waals surface area (Å²) in [7, 11) is 1.65. The van der Waals surface area contributed by atoms with Crippen molar-refractivity contribution in [2.75, 3.05) is 20.2 Å². The Bertz CT molecular complexity index is 907. The van der Waals surface area contributed by atoms with E-state index in [1.807, 2.05) is 42.6 Å². The molecule has 3 aromatic rings. The van der Waals surface area contributed by atoms with E-state index < -0.39 is 0 Å². The molecule has 138 valence electrons. The maximum absolute atomic E-state index is 13.1. The van der Waals surface area contributed by atoms with Gasteiger partial charge in [0.2, 0.25) is 0 Å². The van der Waals surface area contributed by atoms with Crippen molar-refractivity contribution in [2.45, 2.75) is 12.3 Å². The third-order valence-corrected chi connectivity index (χ3v) is 5.34. The quantitative estimate of drug-likeness (QED) is 0.708. The predicted octanol–water partition coefficient (Wildman–Crippen LogP) is 3.20. The Balaban J connectivity index is 1.54. The number of carbonyl (C=O) groups excluding carboxylic acids is 1. The second-order valence-electron chi connectivity index (χ2n) is 6.94. The second kappa shape index (κ2) is 7.76. The highest BCUT2D eigenvalue weighted by molar-refractivity contribution is 5.85. The molecule has 0 bridgehead atoms. The molecule has 5 heteroatoms. The Morgan fingerprint density at radius 3 is 2.74 bits per heavy atom. The van der Waals surface area contributed by atoms with Crippen molar-refractivity contribution in [2.24, 2.45) is 5.92 Å². The number of H-pyrrole nitrogens is 1. The summed E-state index contributed by atoms with van der Waals surface area (Å²) in [5, 5.41) is 10.2. The Morgan fingerprint density at radius 1 is 1.15 bits per heavy atom. The lowest BCUT2D eigenvalue weighted by atomic mass is 9.84. The van der Waals surface area contributed by atoms with Crippen LogP contribution in [0.15, 0.2) is 60.9 Å². The number of carbonyl (C=O) groups is 1. The van der Waals surface area contributed by atoms with Crippen molar-refractivity contribution in [3.05, 3.63) is 72.1 Å². The van der Waals surface area contributed by atoms with E-state index in [2.05, 4.69) is 27.6 Å². The molecule has 27 heavy (non-hydrogen) atoms. The van der Waals surface area contributed by atoms with E-state index in [9.17, 15) is 4.79 Å². The van der Waals surface area contributed by atoms with Gasteiger partial charge in [-0.15, -0.1) is 0 Å². The number of rotatable bonds is 6. The van der Waals surface area contributed by atoms with Crippen molar-refractivity contribution in [3.8, 4) is 16.9 Å². The first kappa shape index (κ1) is 17.5. The zero-order valence-electron chi connectivity index (χ0n) is 15.3. The van der Waals surface area contributed by atoms with Crippen LogP contribution < -0.4 is 10.1 Å². The third-order valence-electron chi connectivity index (χ3n) is 5.34. The number of aromatic nitrogens is 2. The number of benzene rings is 2. The van der Waals surface area contributed by atoms with Gasteiger partial charge in [-0.25, -0.2) is 0 Å². The molecule has 1 aromatic heterocycles. The number of hydrogen-bond acceptors (Lipinski definition) is 4. The summed E-state index contributed by atoms with van der Waals surface area (Å²) < 4.78 is 5.56. The molecule has 0 aliphatic carbocycles. The van der Waals surface area contributed by atoms with Crippen molar-refractivity contribution in [3.63, 3.8) is 0 Å². The van der Waals surface area contributed by atoms with Gasteiger partial charge in [0.15, 0.2) is 0 Å². The van der Waals surface area contributed by atoms with E-state index >= 15 is 0 Å². The van der Waals surface area contributed by atoms with Gasteiger partial charge in [0.25, 0.3) is 0 Å². The van der Waals surface area contributed by atoms with Crippen molar-refractivity contribution in [1.82, 2.24) is 15.5 Å². The topological polar surface area (TPSA) is 67.0 Å². The molecule has 0 radical (unpaired) electrons. The van der Waals surface area contributed by atoms with E-state index in [1.54, 1.807) is 13.3 Å². The number of ether oxygens (including phenoxy) is 1. The molecule has 2 N–H and O–H groups in total. The van der Waals surface area contributed by atoms with E-state index in [4.69, 9.17) is 4.74 Å². The summed E-state index contributed by atoms with van der Waals surface area (Å²) in [5.41, 5.74) is 4.16. The minimum atomic E-state index is -0.00865. The zero-order valence-corrected chi connectivity index (χ0v) is 15.3. The van der Waals surface area contributed by atoms with Crippen LogP contribution in [0, 0.1) is 5.92 Å². The first-order chi connectivity index (χ1) is 13.3. The molecule has 1 aliphatic rings. The number of nitrogens with one attached hydrogen (secondary N) is 2. The molecule has 1 aliphatic heterocycles. The first-order valence-electron chi connectivity index (χ1n) is 9.20. The molecule has 2 heterocycles. The molecule has 1 fully saturated rings. The van der Waals surface area contributed by atoms with E-state index in [0.29, 0.717) is 6.42 Å². The van der Waals surface area contributed by atoms with Crippen LogP contribution in [0.5, 0.6) is 5.75 Å². The lowest BCUT2D eigenvalue weighted by molar-refractivity contribution is -0.122. The summed E-state index contributed by atoms with van der Waals surface area (Å²) >= 11 is 0. The first-order valence-corrected chi connectivity index (χ1v) is 9.20. The van der Waals surface area contributed by atoms with Crippen molar-refractivity contribution in [1.29, 1.82) is 0 Å². The van der Waals surface area contributed by atoms with Gasteiger partial charge in [0, 0.05) is 48.7 Å². The van der Waals surface area contributed by atoms with E-state index in [1.165, 1.54) is 5.56 Å². The van der Waals surface area contributed by atoms with Crippen molar-refractivity contribution < 1.29 is 9.53 Å². The van der Waals surface area contributed by atoms with Crippen molar-refractivity contribution >= 4 is 5.78 Å². The maximum atomic E-state index is 13.1. The lowest BCUT2D eigenvalue weighted by Gasteiger charge is -2.19. The minimum absolute atomic E-state index is 0.00865. The van der Waals surface area contributed by atoms with Gasteiger partial charge in [-0.1, -0.05) is 42.5 Å². The number of hydrogen-bond donors (Lipinski definition) is 2. The SMILES string of the molecule is COc1cc(-c2cn[nH]c2)ccc1CC(=O)C1CNCC1c1ccccc1. The molecule has 4 rings (SSSR count). The molecule has 2 aromatic carbocycles. The Hall–Kier alpha value is -2.92. The molecule has 0 amide bonds. The van der Waals surface area contributed by atoms with Crippen LogP contribution in [0.3, 0.4) is 0 Å². The van der Waals surface area contributed by atoms with Crippen LogP contribution in [0.4, 0.5) is 0 Å². The highest BCUT2D eigenvalue weighted by Crippen LogP contribution is 2.32. The Kier molecular flexibility index (Phi) is 5.03. The van der Waals surface area contributed by atoms with Crippen LogP contribution in [-0.2, 0) is 11.2 Å².